The third-order valence-electron chi connectivity index (χ3n) is 3.81. The van der Waals surface area contributed by atoms with Gasteiger partial charge in [0.15, 0.2) is 0 Å². The first kappa shape index (κ1) is 14.9. The fourth-order valence-corrected chi connectivity index (χ4v) is 3.78. The number of thiophene rings is 1. The maximum absolute atomic E-state index is 9.29. The van der Waals surface area contributed by atoms with Crippen LogP contribution in [0.25, 0.3) is 0 Å². The maximum Gasteiger partial charge on any atom is 0.0933 e. The first-order valence-electron chi connectivity index (χ1n) is 6.93. The zero-order chi connectivity index (χ0) is 13.8. The van der Waals surface area contributed by atoms with Crippen LogP contribution < -0.4 is 5.73 Å². The maximum atomic E-state index is 9.29. The monoisotopic (exact) mass is 284 g/mol. The fraction of sp³-hybridized carbons (Fsp3) is 0.714. The molecular weight excluding hydrogens is 260 g/mol. The van der Waals surface area contributed by atoms with Gasteiger partial charge < -0.3 is 15.6 Å². The zero-order valence-electron chi connectivity index (χ0n) is 11.7. The van der Waals surface area contributed by atoms with Crippen LogP contribution in [-0.4, -0.2) is 48.5 Å². The van der Waals surface area contributed by atoms with E-state index < -0.39 is 0 Å². The predicted octanol–water partition coefficient (Wildman–Crippen LogP) is 1.53. The minimum Gasteiger partial charge on any atom is -0.394 e. The number of hydrogen-bond donors (Lipinski definition) is 2. The first-order valence-corrected chi connectivity index (χ1v) is 7.81. The summed E-state index contributed by atoms with van der Waals surface area (Å²) in [4.78, 5) is 3.73. The highest BCUT2D eigenvalue weighted by atomic mass is 32.1. The van der Waals surface area contributed by atoms with E-state index in [-0.39, 0.29) is 24.8 Å². The summed E-state index contributed by atoms with van der Waals surface area (Å²) in [5, 5.41) is 11.4. The van der Waals surface area contributed by atoms with Gasteiger partial charge in [-0.2, -0.15) is 0 Å². The Morgan fingerprint density at radius 3 is 3.00 bits per heavy atom. The Labute approximate surface area is 119 Å². The molecule has 1 aliphatic heterocycles. The molecule has 1 fully saturated rings. The molecule has 1 aliphatic rings. The van der Waals surface area contributed by atoms with E-state index in [2.05, 4.69) is 30.2 Å². The van der Waals surface area contributed by atoms with E-state index >= 15 is 0 Å². The van der Waals surface area contributed by atoms with Crippen molar-refractivity contribution in [2.75, 3.05) is 26.3 Å². The predicted molar refractivity (Wildman–Crippen MR) is 78.5 cm³/mol. The van der Waals surface area contributed by atoms with Gasteiger partial charge in [0.05, 0.1) is 25.4 Å². The lowest BCUT2D eigenvalue weighted by molar-refractivity contribution is -0.0679. The molecule has 1 saturated heterocycles. The van der Waals surface area contributed by atoms with Crippen molar-refractivity contribution in [3.8, 4) is 0 Å². The Morgan fingerprint density at radius 1 is 1.63 bits per heavy atom. The average molecular weight is 284 g/mol. The standard InChI is InChI=1S/C14H24N2O2S/c1-3-12(15)13(14-10(2)4-7-19-14)16-5-6-18-11(8-16)9-17/h4,7,11-13,17H,3,5-6,8-9,15H2,1-2H3. The van der Waals surface area contributed by atoms with E-state index in [4.69, 9.17) is 10.5 Å². The van der Waals surface area contributed by atoms with Crippen LogP contribution in [0.5, 0.6) is 0 Å². The van der Waals surface area contributed by atoms with Crippen LogP contribution in [0.3, 0.4) is 0 Å². The summed E-state index contributed by atoms with van der Waals surface area (Å²) in [5.41, 5.74) is 7.67. The van der Waals surface area contributed by atoms with Gasteiger partial charge in [0.25, 0.3) is 0 Å². The Morgan fingerprint density at radius 2 is 2.42 bits per heavy atom. The highest BCUT2D eigenvalue weighted by Crippen LogP contribution is 2.32. The quantitative estimate of drug-likeness (QED) is 0.861. The van der Waals surface area contributed by atoms with Crippen LogP contribution in [0, 0.1) is 6.92 Å². The van der Waals surface area contributed by atoms with Gasteiger partial charge in [-0.15, -0.1) is 11.3 Å². The highest BCUT2D eigenvalue weighted by molar-refractivity contribution is 7.10. The zero-order valence-corrected chi connectivity index (χ0v) is 12.5. The van der Waals surface area contributed by atoms with Crippen LogP contribution in [0.15, 0.2) is 11.4 Å². The van der Waals surface area contributed by atoms with Crippen LogP contribution >= 0.6 is 11.3 Å². The lowest BCUT2D eigenvalue weighted by atomic mass is 9.99. The van der Waals surface area contributed by atoms with Gasteiger partial charge in [-0.3, -0.25) is 4.90 Å². The molecular formula is C14H24N2O2S. The molecule has 1 aromatic rings. The molecule has 0 saturated carbocycles. The van der Waals surface area contributed by atoms with Crippen LogP contribution in [0.1, 0.15) is 29.8 Å². The molecule has 5 heteroatoms. The van der Waals surface area contributed by atoms with Crippen molar-refractivity contribution in [2.24, 2.45) is 5.73 Å². The Kier molecular flexibility index (Phi) is 5.36. The third-order valence-corrected chi connectivity index (χ3v) is 4.90. The van der Waals surface area contributed by atoms with Crippen LogP contribution in [-0.2, 0) is 4.74 Å². The first-order chi connectivity index (χ1) is 9.17. The van der Waals surface area contributed by atoms with Crippen LogP contribution in [0.2, 0.25) is 0 Å². The molecule has 3 N–H and O–H groups in total. The molecule has 0 amide bonds. The topological polar surface area (TPSA) is 58.7 Å². The van der Waals surface area contributed by atoms with Gasteiger partial charge in [-0.25, -0.2) is 0 Å². The van der Waals surface area contributed by atoms with E-state index in [1.54, 1.807) is 11.3 Å². The molecule has 3 atom stereocenters. The fourth-order valence-electron chi connectivity index (χ4n) is 2.65. The summed E-state index contributed by atoms with van der Waals surface area (Å²) >= 11 is 1.78. The smallest absolute Gasteiger partial charge is 0.0933 e. The number of ether oxygens (including phenoxy) is 1. The van der Waals surface area contributed by atoms with Crippen molar-refractivity contribution >= 4 is 11.3 Å². The average Bonchev–Trinajstić information content (AvgIpc) is 2.85. The number of aryl methyl sites for hydroxylation is 1. The molecule has 19 heavy (non-hydrogen) atoms. The van der Waals surface area contributed by atoms with Crippen molar-refractivity contribution in [3.63, 3.8) is 0 Å². The van der Waals surface area contributed by atoms with Gasteiger partial charge in [0, 0.05) is 24.0 Å². The van der Waals surface area contributed by atoms with E-state index in [0.29, 0.717) is 6.61 Å². The number of morpholine rings is 1. The third kappa shape index (κ3) is 3.35. The van der Waals surface area contributed by atoms with E-state index in [9.17, 15) is 5.11 Å². The van der Waals surface area contributed by atoms with Crippen molar-refractivity contribution < 1.29 is 9.84 Å². The summed E-state index contributed by atoms with van der Waals surface area (Å²) in [6.07, 6.45) is 0.865. The summed E-state index contributed by atoms with van der Waals surface area (Å²) in [7, 11) is 0. The summed E-state index contributed by atoms with van der Waals surface area (Å²) in [6, 6.07) is 2.51. The lowest BCUT2D eigenvalue weighted by Crippen LogP contribution is -2.50. The van der Waals surface area contributed by atoms with Crippen molar-refractivity contribution in [2.45, 2.75) is 38.5 Å². The van der Waals surface area contributed by atoms with Gasteiger partial charge in [-0.1, -0.05) is 6.92 Å². The van der Waals surface area contributed by atoms with Crippen LogP contribution in [0.4, 0.5) is 0 Å². The molecule has 0 spiro atoms. The molecule has 0 bridgehead atoms. The highest BCUT2D eigenvalue weighted by Gasteiger charge is 2.31. The molecule has 108 valence electrons. The Balaban J connectivity index is 2.20. The minimum absolute atomic E-state index is 0.0774. The second-order valence-electron chi connectivity index (χ2n) is 5.16. The molecule has 0 radical (unpaired) electrons. The lowest BCUT2D eigenvalue weighted by Gasteiger charge is -2.40. The molecule has 4 nitrogen and oxygen atoms in total. The van der Waals surface area contributed by atoms with Crippen molar-refractivity contribution in [3.05, 3.63) is 21.9 Å². The molecule has 1 aromatic heterocycles. The molecule has 0 aliphatic carbocycles. The van der Waals surface area contributed by atoms with Crippen molar-refractivity contribution in [1.82, 2.24) is 4.90 Å². The van der Waals surface area contributed by atoms with Gasteiger partial charge in [0.1, 0.15) is 0 Å². The summed E-state index contributed by atoms with van der Waals surface area (Å²) in [6.45, 7) is 6.66. The number of nitrogens with zero attached hydrogens (tertiary/aromatic N) is 1. The SMILES string of the molecule is CCC(N)C(c1sccc1C)N1CCOC(CO)C1. The van der Waals surface area contributed by atoms with Crippen molar-refractivity contribution in [1.29, 1.82) is 0 Å². The van der Waals surface area contributed by atoms with E-state index in [1.807, 2.05) is 0 Å². The number of aliphatic hydroxyl groups is 1. The van der Waals surface area contributed by atoms with Gasteiger partial charge >= 0.3 is 0 Å². The Bertz CT molecular complexity index is 397. The van der Waals surface area contributed by atoms with Gasteiger partial charge in [0.2, 0.25) is 0 Å². The molecule has 0 aromatic carbocycles. The summed E-state index contributed by atoms with van der Waals surface area (Å²) in [5.74, 6) is 0. The summed E-state index contributed by atoms with van der Waals surface area (Å²) < 4.78 is 5.54. The number of nitrogens with two attached hydrogens (primary N) is 1. The molecule has 2 heterocycles. The number of hydrogen-bond acceptors (Lipinski definition) is 5. The molecule has 3 unspecified atom stereocenters. The number of aliphatic hydroxyl groups excluding tert-OH is 1. The second-order valence-corrected chi connectivity index (χ2v) is 6.10. The van der Waals surface area contributed by atoms with E-state index in [1.165, 1.54) is 10.4 Å². The minimum atomic E-state index is -0.0828. The molecule has 2 rings (SSSR count). The Hall–Kier alpha value is -0.460. The number of rotatable bonds is 5. The largest absolute Gasteiger partial charge is 0.394 e. The van der Waals surface area contributed by atoms with Gasteiger partial charge in [-0.05, 0) is 30.4 Å². The second kappa shape index (κ2) is 6.81. The van der Waals surface area contributed by atoms with E-state index in [0.717, 1.165) is 19.5 Å². The normalized spacial score (nSPS) is 24.3.